The standard InChI is InChI=1S/C23H29ClN4O5/c1-31-23(30)27-10-8-19(9-11-27)33-18-6-4-17(5-7-18)28-22(29)21(24)20(14-26-28)25-13-16-3-2-12-32-15-16/h4-7,14,16,19,25H,2-3,8-13,15H2,1H3/t16-/m1/s1. The number of likely N-dealkylation sites (tertiary alicyclic amines) is 1. The summed E-state index contributed by atoms with van der Waals surface area (Å²) in [7, 11) is 1.39. The molecule has 0 saturated carbocycles. The van der Waals surface area contributed by atoms with Crippen LogP contribution in [0.15, 0.2) is 35.3 Å². The molecule has 33 heavy (non-hydrogen) atoms. The summed E-state index contributed by atoms with van der Waals surface area (Å²) in [5, 5.41) is 7.63. The molecule has 0 radical (unpaired) electrons. The molecule has 1 N–H and O–H groups in total. The van der Waals surface area contributed by atoms with Crippen LogP contribution < -0.4 is 15.6 Å². The van der Waals surface area contributed by atoms with Crippen molar-refractivity contribution in [1.29, 1.82) is 0 Å². The topological polar surface area (TPSA) is 94.9 Å². The first-order chi connectivity index (χ1) is 16.0. The number of hydrogen-bond acceptors (Lipinski definition) is 7. The molecule has 9 nitrogen and oxygen atoms in total. The Morgan fingerprint density at radius 2 is 2.00 bits per heavy atom. The zero-order valence-electron chi connectivity index (χ0n) is 18.7. The van der Waals surface area contributed by atoms with Gasteiger partial charge in [0.1, 0.15) is 16.9 Å². The van der Waals surface area contributed by atoms with Gasteiger partial charge in [-0.25, -0.2) is 4.79 Å². The second-order valence-electron chi connectivity index (χ2n) is 8.32. The average molecular weight is 477 g/mol. The fraction of sp³-hybridized carbons (Fsp3) is 0.522. The van der Waals surface area contributed by atoms with E-state index in [1.165, 1.54) is 11.8 Å². The maximum Gasteiger partial charge on any atom is 0.409 e. The summed E-state index contributed by atoms with van der Waals surface area (Å²) < 4.78 is 17.6. The van der Waals surface area contributed by atoms with Gasteiger partial charge < -0.3 is 24.4 Å². The smallest absolute Gasteiger partial charge is 0.409 e. The van der Waals surface area contributed by atoms with Crippen molar-refractivity contribution < 1.29 is 19.0 Å². The van der Waals surface area contributed by atoms with E-state index in [0.717, 1.165) is 32.3 Å². The molecular weight excluding hydrogens is 448 g/mol. The third-order valence-electron chi connectivity index (χ3n) is 6.01. The molecule has 1 aromatic heterocycles. The van der Waals surface area contributed by atoms with Gasteiger partial charge in [-0.15, -0.1) is 0 Å². The molecule has 0 bridgehead atoms. The fourth-order valence-corrected chi connectivity index (χ4v) is 4.30. The van der Waals surface area contributed by atoms with Crippen LogP contribution in [0.25, 0.3) is 5.69 Å². The van der Waals surface area contributed by atoms with Crippen molar-refractivity contribution in [2.75, 3.05) is 45.3 Å². The number of benzene rings is 1. The number of rotatable bonds is 6. The van der Waals surface area contributed by atoms with Gasteiger partial charge in [0.25, 0.3) is 5.56 Å². The van der Waals surface area contributed by atoms with Crippen LogP contribution in [0.5, 0.6) is 5.75 Å². The van der Waals surface area contributed by atoms with E-state index in [9.17, 15) is 9.59 Å². The molecule has 2 fully saturated rings. The summed E-state index contributed by atoms with van der Waals surface area (Å²) in [5.41, 5.74) is 0.745. The summed E-state index contributed by atoms with van der Waals surface area (Å²) in [6.07, 6.45) is 4.89. The lowest BCUT2D eigenvalue weighted by molar-refractivity contribution is 0.0595. The number of amides is 1. The van der Waals surface area contributed by atoms with Gasteiger partial charge in [-0.1, -0.05) is 11.6 Å². The fourth-order valence-electron chi connectivity index (χ4n) is 4.11. The normalized spacial score (nSPS) is 19.2. The number of methoxy groups -OCH3 is 1. The Kier molecular flexibility index (Phi) is 7.72. The van der Waals surface area contributed by atoms with Gasteiger partial charge in [-0.05, 0) is 43.0 Å². The van der Waals surface area contributed by atoms with Crippen LogP contribution in [0.1, 0.15) is 25.7 Å². The molecule has 4 rings (SSSR count). The molecule has 1 amide bonds. The van der Waals surface area contributed by atoms with E-state index >= 15 is 0 Å². The predicted molar refractivity (Wildman–Crippen MR) is 125 cm³/mol. The van der Waals surface area contributed by atoms with Gasteiger partial charge in [0.05, 0.1) is 31.3 Å². The lowest BCUT2D eigenvalue weighted by atomic mass is 10.0. The van der Waals surface area contributed by atoms with Crippen LogP contribution in [0.3, 0.4) is 0 Å². The van der Waals surface area contributed by atoms with Crippen molar-refractivity contribution in [3.63, 3.8) is 0 Å². The number of carbonyl (C=O) groups excluding carboxylic acids is 1. The number of nitrogens with zero attached hydrogens (tertiary/aromatic N) is 3. The zero-order valence-corrected chi connectivity index (χ0v) is 19.4. The van der Waals surface area contributed by atoms with E-state index in [0.29, 0.717) is 49.3 Å². The highest BCUT2D eigenvalue weighted by molar-refractivity contribution is 6.32. The number of aromatic nitrogens is 2. The number of piperidine rings is 1. The van der Waals surface area contributed by atoms with Gasteiger partial charge in [0.2, 0.25) is 0 Å². The highest BCUT2D eigenvalue weighted by atomic mass is 35.5. The van der Waals surface area contributed by atoms with Crippen LogP contribution in [0.2, 0.25) is 5.02 Å². The van der Waals surface area contributed by atoms with Crippen LogP contribution in [0.4, 0.5) is 10.5 Å². The Morgan fingerprint density at radius 1 is 1.24 bits per heavy atom. The number of hydrogen-bond donors (Lipinski definition) is 1. The lowest BCUT2D eigenvalue weighted by Gasteiger charge is -2.31. The van der Waals surface area contributed by atoms with E-state index in [4.69, 9.17) is 25.8 Å². The van der Waals surface area contributed by atoms with Crippen LogP contribution in [0, 0.1) is 5.92 Å². The van der Waals surface area contributed by atoms with E-state index in [1.807, 2.05) is 0 Å². The number of nitrogens with one attached hydrogen (secondary N) is 1. The molecule has 178 valence electrons. The molecule has 1 atom stereocenters. The number of halogens is 1. The van der Waals surface area contributed by atoms with Crippen LogP contribution in [-0.4, -0.2) is 66.8 Å². The Balaban J connectivity index is 1.36. The van der Waals surface area contributed by atoms with Crippen molar-refractivity contribution in [3.8, 4) is 11.4 Å². The average Bonchev–Trinajstić information content (AvgIpc) is 2.86. The maximum atomic E-state index is 12.8. The Morgan fingerprint density at radius 3 is 2.67 bits per heavy atom. The largest absolute Gasteiger partial charge is 0.490 e. The molecular formula is C23H29ClN4O5. The van der Waals surface area contributed by atoms with Gasteiger partial charge in [-0.2, -0.15) is 9.78 Å². The maximum absolute atomic E-state index is 12.8. The Labute approximate surface area is 197 Å². The summed E-state index contributed by atoms with van der Waals surface area (Å²) in [6, 6.07) is 7.16. The predicted octanol–water partition coefficient (Wildman–Crippen LogP) is 3.33. The minimum atomic E-state index is -0.384. The van der Waals surface area contributed by atoms with Crippen molar-refractivity contribution >= 4 is 23.4 Å². The number of anilines is 1. The van der Waals surface area contributed by atoms with Crippen LogP contribution in [-0.2, 0) is 9.47 Å². The quantitative estimate of drug-likeness (QED) is 0.683. The summed E-state index contributed by atoms with van der Waals surface area (Å²) in [6.45, 7) is 3.42. The second kappa shape index (κ2) is 10.9. The first-order valence-corrected chi connectivity index (χ1v) is 11.6. The van der Waals surface area contributed by atoms with Gasteiger partial charge in [0.15, 0.2) is 0 Å². The molecule has 0 spiro atoms. The Bertz CT molecular complexity index is 999. The zero-order chi connectivity index (χ0) is 23.2. The molecule has 2 aromatic rings. The van der Waals surface area contributed by atoms with E-state index in [1.54, 1.807) is 35.4 Å². The second-order valence-corrected chi connectivity index (χ2v) is 8.70. The molecule has 2 aliphatic rings. The Hall–Kier alpha value is -2.78. The minimum absolute atomic E-state index is 0.0203. The van der Waals surface area contributed by atoms with E-state index in [2.05, 4.69) is 10.4 Å². The van der Waals surface area contributed by atoms with Crippen molar-refractivity contribution in [1.82, 2.24) is 14.7 Å². The molecule has 3 heterocycles. The molecule has 10 heteroatoms. The third kappa shape index (κ3) is 5.78. The van der Waals surface area contributed by atoms with Gasteiger partial charge >= 0.3 is 6.09 Å². The monoisotopic (exact) mass is 476 g/mol. The number of carbonyl (C=O) groups is 1. The highest BCUT2D eigenvalue weighted by Crippen LogP contribution is 2.22. The molecule has 1 aromatic carbocycles. The van der Waals surface area contributed by atoms with Crippen molar-refractivity contribution in [2.24, 2.45) is 5.92 Å². The van der Waals surface area contributed by atoms with Crippen molar-refractivity contribution in [3.05, 3.63) is 45.8 Å². The molecule has 2 saturated heterocycles. The molecule has 0 unspecified atom stereocenters. The summed E-state index contributed by atoms with van der Waals surface area (Å²) in [5.74, 6) is 1.10. The van der Waals surface area contributed by atoms with Crippen molar-refractivity contribution in [2.45, 2.75) is 31.8 Å². The summed E-state index contributed by atoms with van der Waals surface area (Å²) in [4.78, 5) is 26.1. The van der Waals surface area contributed by atoms with Gasteiger partial charge in [-0.3, -0.25) is 4.79 Å². The molecule has 2 aliphatic heterocycles. The minimum Gasteiger partial charge on any atom is -0.490 e. The van der Waals surface area contributed by atoms with E-state index in [-0.39, 0.29) is 22.8 Å². The third-order valence-corrected chi connectivity index (χ3v) is 6.38. The first kappa shape index (κ1) is 23.4. The number of ether oxygens (including phenoxy) is 3. The SMILES string of the molecule is COC(=O)N1CCC(Oc2ccc(-n3ncc(NC[C@H]4CCCOC4)c(Cl)c3=O)cc2)CC1. The van der Waals surface area contributed by atoms with Crippen LogP contribution >= 0.6 is 11.6 Å². The molecule has 0 aliphatic carbocycles. The van der Waals surface area contributed by atoms with Gasteiger partial charge in [0, 0.05) is 39.1 Å². The lowest BCUT2D eigenvalue weighted by Crippen LogP contribution is -2.41. The summed E-state index contributed by atoms with van der Waals surface area (Å²) >= 11 is 6.34. The van der Waals surface area contributed by atoms with E-state index < -0.39 is 0 Å². The first-order valence-electron chi connectivity index (χ1n) is 11.2. The highest BCUT2D eigenvalue weighted by Gasteiger charge is 2.24.